The first kappa shape index (κ1) is 9.74. The highest BCUT2D eigenvalue weighted by Crippen LogP contribution is 2.14. The Kier molecular flexibility index (Phi) is 3.03. The monoisotopic (exact) mass is 179 g/mol. The van der Waals surface area contributed by atoms with Gasteiger partial charge in [0.1, 0.15) is 12.5 Å². The summed E-state index contributed by atoms with van der Waals surface area (Å²) in [5.41, 5.74) is 1.53. The van der Waals surface area contributed by atoms with Crippen molar-refractivity contribution in [3.05, 3.63) is 29.8 Å². The van der Waals surface area contributed by atoms with Gasteiger partial charge in [-0.25, -0.2) is 0 Å². The molecule has 0 aliphatic carbocycles. The lowest BCUT2D eigenvalue weighted by atomic mass is 10.2. The summed E-state index contributed by atoms with van der Waals surface area (Å²) in [5.74, 6) is 0. The molecule has 0 amide bonds. The molecular weight excluding hydrogens is 166 g/mol. The molecule has 3 heteroatoms. The van der Waals surface area contributed by atoms with Crippen LogP contribution in [0.2, 0.25) is 0 Å². The number of carbonyl (C=O) groups excluding carboxylic acids is 1. The maximum atomic E-state index is 10.4. The summed E-state index contributed by atoms with van der Waals surface area (Å²) in [4.78, 5) is 12.1. The van der Waals surface area contributed by atoms with Crippen molar-refractivity contribution in [1.82, 2.24) is 0 Å². The van der Waals surface area contributed by atoms with E-state index in [1.54, 1.807) is 43.1 Å². The minimum atomic E-state index is -0.526. The van der Waals surface area contributed by atoms with Gasteiger partial charge in [0.05, 0.1) is 0 Å². The van der Waals surface area contributed by atoms with E-state index in [1.807, 2.05) is 0 Å². The highest BCUT2D eigenvalue weighted by Gasteiger charge is 2.04. The Hall–Kier alpha value is -1.35. The van der Waals surface area contributed by atoms with Crippen LogP contribution in [0.15, 0.2) is 24.3 Å². The zero-order chi connectivity index (χ0) is 9.84. The van der Waals surface area contributed by atoms with E-state index in [-0.39, 0.29) is 0 Å². The van der Waals surface area contributed by atoms with Gasteiger partial charge in [-0.1, -0.05) is 0 Å². The second-order valence-corrected chi connectivity index (χ2v) is 2.95. The molecule has 0 radical (unpaired) electrons. The molecule has 0 spiro atoms. The topological polar surface area (TPSA) is 40.5 Å². The van der Waals surface area contributed by atoms with Gasteiger partial charge >= 0.3 is 0 Å². The molecule has 0 aliphatic rings. The molecule has 13 heavy (non-hydrogen) atoms. The van der Waals surface area contributed by atoms with Gasteiger partial charge in [0.15, 0.2) is 0 Å². The molecule has 0 aromatic heterocycles. The van der Waals surface area contributed by atoms with Crippen molar-refractivity contribution in [2.24, 2.45) is 0 Å². The third kappa shape index (κ3) is 2.29. The van der Waals surface area contributed by atoms with Gasteiger partial charge < -0.3 is 10.0 Å². The fraction of sp³-hybridized carbons (Fsp3) is 0.300. The first-order valence-corrected chi connectivity index (χ1v) is 4.11. The minimum absolute atomic E-state index is 0.526. The molecule has 1 rings (SSSR count). The number of anilines is 1. The Bertz CT molecular complexity index is 279. The molecule has 1 unspecified atom stereocenters. The predicted octanol–water partition coefficient (Wildman–Crippen LogP) is 1.27. The summed E-state index contributed by atoms with van der Waals surface area (Å²) < 4.78 is 0. The van der Waals surface area contributed by atoms with Crippen LogP contribution >= 0.6 is 0 Å². The number of carbonyl (C=O) groups is 1. The molecule has 0 fully saturated rings. The van der Waals surface area contributed by atoms with Crippen LogP contribution in [0.3, 0.4) is 0 Å². The Morgan fingerprint density at radius 1 is 1.38 bits per heavy atom. The first-order chi connectivity index (χ1) is 6.15. The van der Waals surface area contributed by atoms with Gasteiger partial charge in [-0.3, -0.25) is 4.79 Å². The van der Waals surface area contributed by atoms with E-state index < -0.39 is 6.23 Å². The van der Waals surface area contributed by atoms with Gasteiger partial charge in [0.25, 0.3) is 0 Å². The van der Waals surface area contributed by atoms with Crippen molar-refractivity contribution >= 4 is 12.0 Å². The number of hydrogen-bond acceptors (Lipinski definition) is 3. The largest absolute Gasteiger partial charge is 0.374 e. The summed E-state index contributed by atoms with van der Waals surface area (Å²) >= 11 is 0. The minimum Gasteiger partial charge on any atom is -0.374 e. The molecule has 70 valence electrons. The van der Waals surface area contributed by atoms with Crippen LogP contribution in [-0.4, -0.2) is 24.7 Å². The summed E-state index contributed by atoms with van der Waals surface area (Å²) in [6.45, 7) is 1.69. The zero-order valence-electron chi connectivity index (χ0n) is 7.77. The number of nitrogens with zero attached hydrogens (tertiary/aromatic N) is 1. The third-order valence-corrected chi connectivity index (χ3v) is 2.00. The van der Waals surface area contributed by atoms with E-state index >= 15 is 0 Å². The molecule has 1 N–H and O–H groups in total. The fourth-order valence-corrected chi connectivity index (χ4v) is 1.00. The second-order valence-electron chi connectivity index (χ2n) is 2.95. The van der Waals surface area contributed by atoms with E-state index in [2.05, 4.69) is 0 Å². The zero-order valence-corrected chi connectivity index (χ0v) is 7.77. The van der Waals surface area contributed by atoms with Gasteiger partial charge in [-0.2, -0.15) is 0 Å². The molecule has 1 atom stereocenters. The lowest BCUT2D eigenvalue weighted by Crippen LogP contribution is -2.27. The van der Waals surface area contributed by atoms with Crippen LogP contribution in [0.25, 0.3) is 0 Å². The number of aliphatic hydroxyl groups is 1. The molecular formula is C10H13NO2. The van der Waals surface area contributed by atoms with Crippen LogP contribution in [0, 0.1) is 0 Å². The predicted molar refractivity (Wildman–Crippen MR) is 51.9 cm³/mol. The molecule has 0 heterocycles. The molecule has 0 bridgehead atoms. The maximum absolute atomic E-state index is 10.4. The Labute approximate surface area is 77.6 Å². The Balaban J connectivity index is 2.85. The molecule has 0 saturated heterocycles. The summed E-state index contributed by atoms with van der Waals surface area (Å²) in [5, 5.41) is 9.26. The SMILES string of the molecule is CC(O)N(C)c1ccc(C=O)cc1. The average Bonchev–Trinajstić information content (AvgIpc) is 2.17. The van der Waals surface area contributed by atoms with E-state index in [9.17, 15) is 9.90 Å². The van der Waals surface area contributed by atoms with Crippen molar-refractivity contribution in [3.63, 3.8) is 0 Å². The first-order valence-electron chi connectivity index (χ1n) is 4.11. The highest BCUT2D eigenvalue weighted by molar-refractivity contribution is 5.75. The maximum Gasteiger partial charge on any atom is 0.150 e. The van der Waals surface area contributed by atoms with Crippen molar-refractivity contribution in [2.75, 3.05) is 11.9 Å². The number of rotatable bonds is 3. The van der Waals surface area contributed by atoms with Crippen LogP contribution in [0.4, 0.5) is 5.69 Å². The number of benzene rings is 1. The number of aldehydes is 1. The highest BCUT2D eigenvalue weighted by atomic mass is 16.3. The Morgan fingerprint density at radius 2 is 1.92 bits per heavy atom. The van der Waals surface area contributed by atoms with E-state index in [1.165, 1.54) is 0 Å². The second kappa shape index (κ2) is 4.05. The van der Waals surface area contributed by atoms with Crippen LogP contribution < -0.4 is 4.90 Å². The van der Waals surface area contributed by atoms with Crippen LogP contribution in [0.5, 0.6) is 0 Å². The third-order valence-electron chi connectivity index (χ3n) is 2.00. The number of hydrogen-bond donors (Lipinski definition) is 1. The van der Waals surface area contributed by atoms with Gasteiger partial charge in [0.2, 0.25) is 0 Å². The van der Waals surface area contributed by atoms with Gasteiger partial charge in [-0.05, 0) is 31.2 Å². The molecule has 3 nitrogen and oxygen atoms in total. The van der Waals surface area contributed by atoms with Crippen LogP contribution in [-0.2, 0) is 0 Å². The number of aliphatic hydroxyl groups excluding tert-OH is 1. The fourth-order valence-electron chi connectivity index (χ4n) is 1.00. The van der Waals surface area contributed by atoms with Gasteiger partial charge in [0, 0.05) is 18.3 Å². The van der Waals surface area contributed by atoms with E-state index in [4.69, 9.17) is 0 Å². The lowest BCUT2D eigenvalue weighted by Gasteiger charge is -2.22. The van der Waals surface area contributed by atoms with E-state index in [0.29, 0.717) is 5.56 Å². The summed E-state index contributed by atoms with van der Waals surface area (Å²) in [6, 6.07) is 7.05. The quantitative estimate of drug-likeness (QED) is 0.561. The normalized spacial score (nSPS) is 12.2. The average molecular weight is 179 g/mol. The smallest absolute Gasteiger partial charge is 0.150 e. The molecule has 1 aromatic carbocycles. The standard InChI is InChI=1S/C10H13NO2/c1-8(13)11(2)10-5-3-9(7-12)4-6-10/h3-8,13H,1-2H3. The molecule has 0 saturated carbocycles. The summed E-state index contributed by atoms with van der Waals surface area (Å²) in [6.07, 6.45) is 0.272. The van der Waals surface area contributed by atoms with Crippen molar-refractivity contribution in [2.45, 2.75) is 13.2 Å². The Morgan fingerprint density at radius 3 is 2.31 bits per heavy atom. The van der Waals surface area contributed by atoms with Crippen LogP contribution in [0.1, 0.15) is 17.3 Å². The molecule has 0 aliphatic heterocycles. The van der Waals surface area contributed by atoms with Gasteiger partial charge in [-0.15, -0.1) is 0 Å². The van der Waals surface area contributed by atoms with Crippen molar-refractivity contribution in [3.8, 4) is 0 Å². The van der Waals surface area contributed by atoms with E-state index in [0.717, 1.165) is 12.0 Å². The summed E-state index contributed by atoms with van der Waals surface area (Å²) in [7, 11) is 1.79. The van der Waals surface area contributed by atoms with Crippen molar-refractivity contribution < 1.29 is 9.90 Å². The lowest BCUT2D eigenvalue weighted by molar-refractivity contribution is 0.112. The molecule has 1 aromatic rings. The van der Waals surface area contributed by atoms with Crippen molar-refractivity contribution in [1.29, 1.82) is 0 Å².